The van der Waals surface area contributed by atoms with E-state index in [-0.39, 0.29) is 5.91 Å². The lowest BCUT2D eigenvalue weighted by atomic mass is 10.0. The zero-order chi connectivity index (χ0) is 13.5. The molecule has 0 bridgehead atoms. The number of hydrogen-bond donors (Lipinski definition) is 2. The van der Waals surface area contributed by atoms with Crippen molar-refractivity contribution in [2.24, 2.45) is 5.73 Å². The first kappa shape index (κ1) is 14.7. The number of amides is 1. The molecule has 1 amide bonds. The van der Waals surface area contributed by atoms with Crippen LogP contribution in [0.25, 0.3) is 0 Å². The lowest BCUT2D eigenvalue weighted by Gasteiger charge is -2.18. The van der Waals surface area contributed by atoms with Gasteiger partial charge in [0.2, 0.25) is 5.91 Å². The Kier molecular flexibility index (Phi) is 5.82. The largest absolute Gasteiger partial charge is 0.359 e. The van der Waals surface area contributed by atoms with E-state index in [2.05, 4.69) is 35.3 Å². The maximum atomic E-state index is 11.2. The van der Waals surface area contributed by atoms with Gasteiger partial charge in [0.25, 0.3) is 0 Å². The van der Waals surface area contributed by atoms with Crippen molar-refractivity contribution in [3.8, 4) is 0 Å². The fraction of sp³-hybridized carbons (Fsp3) is 0.500. The molecule has 1 aromatic rings. The van der Waals surface area contributed by atoms with Crippen LogP contribution in [0.4, 0.5) is 0 Å². The number of benzene rings is 1. The Labute approximate surface area is 109 Å². The van der Waals surface area contributed by atoms with E-state index in [0.717, 1.165) is 18.7 Å². The Morgan fingerprint density at radius 3 is 2.72 bits per heavy atom. The van der Waals surface area contributed by atoms with E-state index < -0.39 is 0 Å². The van der Waals surface area contributed by atoms with Gasteiger partial charge in [-0.1, -0.05) is 18.2 Å². The first-order chi connectivity index (χ1) is 8.56. The first-order valence-electron chi connectivity index (χ1n) is 6.24. The lowest BCUT2D eigenvalue weighted by molar-refractivity contribution is -0.120. The van der Waals surface area contributed by atoms with Gasteiger partial charge in [-0.25, -0.2) is 0 Å². The predicted octanol–water partition coefficient (Wildman–Crippen LogP) is 1.02. The van der Waals surface area contributed by atoms with Gasteiger partial charge in [-0.15, -0.1) is 0 Å². The van der Waals surface area contributed by atoms with E-state index >= 15 is 0 Å². The Morgan fingerprint density at radius 2 is 2.17 bits per heavy atom. The molecule has 0 aliphatic rings. The van der Waals surface area contributed by atoms with Gasteiger partial charge in [-0.3, -0.25) is 4.79 Å². The van der Waals surface area contributed by atoms with Crippen molar-refractivity contribution in [3.63, 3.8) is 0 Å². The van der Waals surface area contributed by atoms with Crippen LogP contribution >= 0.6 is 0 Å². The lowest BCUT2D eigenvalue weighted by Crippen LogP contribution is -2.26. The Balaban J connectivity index is 2.53. The molecular formula is C14H23N3O. The van der Waals surface area contributed by atoms with E-state index in [1.165, 1.54) is 11.1 Å². The molecule has 100 valence electrons. The molecule has 0 fully saturated rings. The highest BCUT2D eigenvalue weighted by Gasteiger charge is 2.06. The number of rotatable bonds is 6. The van der Waals surface area contributed by atoms with Crippen molar-refractivity contribution in [1.29, 1.82) is 0 Å². The van der Waals surface area contributed by atoms with E-state index in [1.807, 2.05) is 7.05 Å². The van der Waals surface area contributed by atoms with Crippen LogP contribution in [-0.2, 0) is 17.9 Å². The fourth-order valence-corrected chi connectivity index (χ4v) is 1.85. The normalized spacial score (nSPS) is 10.7. The minimum atomic E-state index is 0.0806. The Bertz CT molecular complexity index is 404. The van der Waals surface area contributed by atoms with Crippen molar-refractivity contribution in [1.82, 2.24) is 10.2 Å². The van der Waals surface area contributed by atoms with Gasteiger partial charge in [0.15, 0.2) is 0 Å². The highest BCUT2D eigenvalue weighted by atomic mass is 16.1. The summed E-state index contributed by atoms with van der Waals surface area (Å²) in [7, 11) is 3.69. The van der Waals surface area contributed by atoms with Gasteiger partial charge in [0, 0.05) is 33.1 Å². The predicted molar refractivity (Wildman–Crippen MR) is 74.1 cm³/mol. The molecule has 0 saturated carbocycles. The maximum Gasteiger partial charge on any atom is 0.221 e. The molecule has 0 spiro atoms. The van der Waals surface area contributed by atoms with Crippen LogP contribution in [0.5, 0.6) is 0 Å². The molecule has 0 heterocycles. The van der Waals surface area contributed by atoms with Crippen LogP contribution in [0.15, 0.2) is 18.2 Å². The molecule has 4 heteroatoms. The summed E-state index contributed by atoms with van der Waals surface area (Å²) >= 11 is 0. The topological polar surface area (TPSA) is 58.4 Å². The molecule has 0 saturated heterocycles. The van der Waals surface area contributed by atoms with Gasteiger partial charge in [0.1, 0.15) is 0 Å². The van der Waals surface area contributed by atoms with Crippen molar-refractivity contribution >= 4 is 5.91 Å². The van der Waals surface area contributed by atoms with Crippen LogP contribution in [-0.4, -0.2) is 31.4 Å². The summed E-state index contributed by atoms with van der Waals surface area (Å²) in [4.78, 5) is 13.3. The minimum Gasteiger partial charge on any atom is -0.359 e. The molecule has 0 atom stereocenters. The van der Waals surface area contributed by atoms with Crippen LogP contribution in [0.2, 0.25) is 0 Å². The van der Waals surface area contributed by atoms with Crippen LogP contribution in [0, 0.1) is 6.92 Å². The third-order valence-electron chi connectivity index (χ3n) is 3.08. The first-order valence-corrected chi connectivity index (χ1v) is 6.24. The summed E-state index contributed by atoms with van der Waals surface area (Å²) in [5.74, 6) is 0.0806. The monoisotopic (exact) mass is 249 g/mol. The number of nitrogens with one attached hydrogen (secondary N) is 1. The maximum absolute atomic E-state index is 11.2. The number of hydrogen-bond acceptors (Lipinski definition) is 3. The summed E-state index contributed by atoms with van der Waals surface area (Å²) in [6, 6.07) is 6.31. The molecule has 3 N–H and O–H groups in total. The van der Waals surface area contributed by atoms with Crippen molar-refractivity contribution < 1.29 is 4.79 Å². The molecule has 4 nitrogen and oxygen atoms in total. The van der Waals surface area contributed by atoms with Crippen molar-refractivity contribution in [2.45, 2.75) is 26.4 Å². The third-order valence-corrected chi connectivity index (χ3v) is 3.08. The number of nitrogens with two attached hydrogens (primary N) is 1. The molecular weight excluding hydrogens is 226 g/mol. The third kappa shape index (κ3) is 4.47. The smallest absolute Gasteiger partial charge is 0.221 e. The van der Waals surface area contributed by atoms with E-state index in [4.69, 9.17) is 5.73 Å². The highest BCUT2D eigenvalue weighted by Crippen LogP contribution is 2.12. The highest BCUT2D eigenvalue weighted by molar-refractivity contribution is 5.75. The molecule has 18 heavy (non-hydrogen) atoms. The average molecular weight is 249 g/mol. The zero-order valence-electron chi connectivity index (χ0n) is 11.5. The van der Waals surface area contributed by atoms with Crippen LogP contribution in [0.1, 0.15) is 23.1 Å². The molecule has 1 rings (SSSR count). The number of carbonyl (C=O) groups excluding carboxylic acids is 1. The molecule has 0 aliphatic heterocycles. The second-order valence-corrected chi connectivity index (χ2v) is 4.63. The fourth-order valence-electron chi connectivity index (χ4n) is 1.85. The average Bonchev–Trinajstić information content (AvgIpc) is 2.38. The number of carbonyl (C=O) groups is 1. The summed E-state index contributed by atoms with van der Waals surface area (Å²) < 4.78 is 0. The molecule has 0 aromatic heterocycles. The van der Waals surface area contributed by atoms with Gasteiger partial charge in [0.05, 0.1) is 0 Å². The Morgan fingerprint density at radius 1 is 1.44 bits per heavy atom. The Hall–Kier alpha value is -1.39. The van der Waals surface area contributed by atoms with Crippen LogP contribution < -0.4 is 11.1 Å². The molecule has 0 radical (unpaired) electrons. The summed E-state index contributed by atoms with van der Waals surface area (Å²) in [6.07, 6.45) is 0.535. The standard InChI is InChI=1S/C14H23N3O/c1-11-8-12(9-15)4-5-13(11)10-17(3)7-6-14(18)16-2/h4-5,8H,6-7,9-10,15H2,1-3H3,(H,16,18). The quantitative estimate of drug-likeness (QED) is 0.791. The van der Waals surface area contributed by atoms with Crippen molar-refractivity contribution in [3.05, 3.63) is 34.9 Å². The van der Waals surface area contributed by atoms with Crippen molar-refractivity contribution in [2.75, 3.05) is 20.6 Å². The van der Waals surface area contributed by atoms with Gasteiger partial charge >= 0.3 is 0 Å². The SMILES string of the molecule is CNC(=O)CCN(C)Cc1ccc(CN)cc1C. The van der Waals surface area contributed by atoms with Gasteiger partial charge < -0.3 is 16.0 Å². The zero-order valence-corrected chi connectivity index (χ0v) is 11.5. The summed E-state index contributed by atoms with van der Waals surface area (Å²) in [6.45, 7) is 4.29. The minimum absolute atomic E-state index is 0.0806. The van der Waals surface area contributed by atoms with E-state index in [1.54, 1.807) is 7.05 Å². The molecule has 1 aromatic carbocycles. The second-order valence-electron chi connectivity index (χ2n) is 4.63. The second kappa shape index (κ2) is 7.13. The van der Waals surface area contributed by atoms with Crippen LogP contribution in [0.3, 0.4) is 0 Å². The van der Waals surface area contributed by atoms with E-state index in [9.17, 15) is 4.79 Å². The summed E-state index contributed by atoms with van der Waals surface area (Å²) in [5.41, 5.74) is 9.31. The molecule has 0 unspecified atom stereocenters. The molecule has 0 aliphatic carbocycles. The number of nitrogens with zero attached hydrogens (tertiary/aromatic N) is 1. The van der Waals surface area contributed by atoms with E-state index in [0.29, 0.717) is 13.0 Å². The number of aryl methyl sites for hydroxylation is 1. The van der Waals surface area contributed by atoms with Gasteiger partial charge in [-0.05, 0) is 30.7 Å². The summed E-state index contributed by atoms with van der Waals surface area (Å²) in [5, 5.41) is 2.63. The van der Waals surface area contributed by atoms with Gasteiger partial charge in [-0.2, -0.15) is 0 Å².